The van der Waals surface area contributed by atoms with E-state index >= 15 is 0 Å². The zero-order valence-electron chi connectivity index (χ0n) is 15.6. The molecule has 0 bridgehead atoms. The van der Waals surface area contributed by atoms with Crippen molar-refractivity contribution >= 4 is 38.6 Å². The maximum absolute atomic E-state index is 12.7. The molecule has 0 N–H and O–H groups in total. The van der Waals surface area contributed by atoms with Crippen LogP contribution in [-0.4, -0.2) is 63.5 Å². The molecule has 10 nitrogen and oxygen atoms in total. The number of rotatable bonds is 6. The molecule has 1 aliphatic rings. The number of non-ortho nitro benzene ring substituents is 1. The molecular formula is C17H17ClN6O4S2. The van der Waals surface area contributed by atoms with Crippen LogP contribution in [0.15, 0.2) is 46.9 Å². The topological polar surface area (TPSA) is 114 Å². The highest BCUT2D eigenvalue weighted by Gasteiger charge is 2.29. The lowest BCUT2D eigenvalue weighted by molar-refractivity contribution is -0.384. The molecule has 3 aromatic rings. The fraction of sp³-hybridized carbons (Fsp3) is 0.294. The molecule has 30 heavy (non-hydrogen) atoms. The van der Waals surface area contributed by atoms with Gasteiger partial charge < -0.3 is 0 Å². The van der Waals surface area contributed by atoms with Gasteiger partial charge in [0.2, 0.25) is 0 Å². The van der Waals surface area contributed by atoms with Crippen molar-refractivity contribution < 1.29 is 13.3 Å². The normalized spacial score (nSPS) is 16.0. The average Bonchev–Trinajstić information content (AvgIpc) is 3.38. The Labute approximate surface area is 181 Å². The second-order valence-electron chi connectivity index (χ2n) is 6.64. The van der Waals surface area contributed by atoms with Crippen LogP contribution in [0, 0.1) is 10.1 Å². The number of halogens is 1. The van der Waals surface area contributed by atoms with Crippen molar-refractivity contribution in [3.8, 4) is 11.4 Å². The molecule has 0 saturated carbocycles. The van der Waals surface area contributed by atoms with Crippen LogP contribution in [0.2, 0.25) is 4.34 Å². The third kappa shape index (κ3) is 4.37. The summed E-state index contributed by atoms with van der Waals surface area (Å²) in [6, 6.07) is 9.26. The van der Waals surface area contributed by atoms with Crippen molar-refractivity contribution in [2.75, 3.05) is 26.2 Å². The lowest BCUT2D eigenvalue weighted by Gasteiger charge is -2.33. The van der Waals surface area contributed by atoms with Crippen LogP contribution in [0.3, 0.4) is 0 Å². The Morgan fingerprint density at radius 2 is 1.93 bits per heavy atom. The predicted octanol–water partition coefficient (Wildman–Crippen LogP) is 2.53. The number of aromatic nitrogens is 3. The van der Waals surface area contributed by atoms with Gasteiger partial charge in [0.05, 0.1) is 15.9 Å². The minimum Gasteiger partial charge on any atom is -0.282 e. The highest BCUT2D eigenvalue weighted by atomic mass is 35.5. The summed E-state index contributed by atoms with van der Waals surface area (Å²) >= 11 is 6.92. The SMILES string of the molecule is O=[N+]([O-])c1cccc(-c2ncn(CN3CCN(S(=O)(=O)c4ccc(Cl)s4)CC3)n2)c1. The van der Waals surface area contributed by atoms with Gasteiger partial charge in [0, 0.05) is 43.9 Å². The standard InChI is InChI=1S/C17H17ClN6O4S2/c18-15-4-5-16(29-15)30(27,28)23-8-6-21(7-9-23)12-22-11-19-17(20-22)13-2-1-3-14(10-13)24(25)26/h1-5,10-11H,6-9,12H2. The van der Waals surface area contributed by atoms with E-state index in [1.165, 1.54) is 22.5 Å². The lowest BCUT2D eigenvalue weighted by Crippen LogP contribution is -2.48. The van der Waals surface area contributed by atoms with Crippen molar-refractivity contribution in [2.45, 2.75) is 10.9 Å². The van der Waals surface area contributed by atoms with Crippen molar-refractivity contribution in [2.24, 2.45) is 0 Å². The zero-order chi connectivity index (χ0) is 21.3. The lowest BCUT2D eigenvalue weighted by atomic mass is 10.2. The Balaban J connectivity index is 1.38. The molecule has 0 amide bonds. The number of nitro benzene ring substituents is 1. The van der Waals surface area contributed by atoms with Crippen LogP contribution < -0.4 is 0 Å². The first-order valence-electron chi connectivity index (χ1n) is 8.95. The summed E-state index contributed by atoms with van der Waals surface area (Å²) in [5.41, 5.74) is 0.543. The van der Waals surface area contributed by atoms with Gasteiger partial charge in [-0.25, -0.2) is 18.1 Å². The molecule has 158 valence electrons. The van der Waals surface area contributed by atoms with E-state index < -0.39 is 14.9 Å². The van der Waals surface area contributed by atoms with Crippen LogP contribution in [0.25, 0.3) is 11.4 Å². The molecular weight excluding hydrogens is 452 g/mol. The van der Waals surface area contributed by atoms with Gasteiger partial charge in [0.15, 0.2) is 5.82 Å². The first kappa shape index (κ1) is 20.9. The molecule has 3 heterocycles. The van der Waals surface area contributed by atoms with E-state index in [4.69, 9.17) is 11.6 Å². The largest absolute Gasteiger partial charge is 0.282 e. The summed E-state index contributed by atoms with van der Waals surface area (Å²) in [4.78, 5) is 16.8. The van der Waals surface area contributed by atoms with E-state index in [0.29, 0.717) is 48.6 Å². The molecule has 4 rings (SSSR count). The van der Waals surface area contributed by atoms with Crippen LogP contribution in [-0.2, 0) is 16.7 Å². The van der Waals surface area contributed by atoms with E-state index in [0.717, 1.165) is 11.3 Å². The first-order chi connectivity index (χ1) is 14.3. The van der Waals surface area contributed by atoms with Crippen LogP contribution in [0.4, 0.5) is 5.69 Å². The van der Waals surface area contributed by atoms with Gasteiger partial charge in [-0.1, -0.05) is 23.7 Å². The molecule has 0 radical (unpaired) electrons. The van der Waals surface area contributed by atoms with Crippen LogP contribution in [0.1, 0.15) is 0 Å². The van der Waals surface area contributed by atoms with Gasteiger partial charge in [-0.3, -0.25) is 15.0 Å². The molecule has 0 atom stereocenters. The molecule has 0 unspecified atom stereocenters. The average molecular weight is 469 g/mol. The molecule has 1 fully saturated rings. The second kappa shape index (κ2) is 8.40. The summed E-state index contributed by atoms with van der Waals surface area (Å²) in [6.45, 7) is 2.27. The molecule has 1 saturated heterocycles. The Bertz CT molecular complexity index is 1170. The van der Waals surface area contributed by atoms with Crippen molar-refractivity contribution in [3.05, 3.63) is 57.2 Å². The molecule has 0 aliphatic carbocycles. The van der Waals surface area contributed by atoms with Gasteiger partial charge in [0.25, 0.3) is 15.7 Å². The second-order valence-corrected chi connectivity index (χ2v) is 10.5. The molecule has 13 heteroatoms. The van der Waals surface area contributed by atoms with Crippen LogP contribution in [0.5, 0.6) is 0 Å². The third-order valence-electron chi connectivity index (χ3n) is 4.67. The number of hydrogen-bond acceptors (Lipinski definition) is 8. The van der Waals surface area contributed by atoms with Gasteiger partial charge in [0.1, 0.15) is 10.5 Å². The monoisotopic (exact) mass is 468 g/mol. The molecule has 2 aromatic heterocycles. The summed E-state index contributed by atoms with van der Waals surface area (Å²) in [5.74, 6) is 0.398. The van der Waals surface area contributed by atoms with Gasteiger partial charge >= 0.3 is 0 Å². The number of sulfonamides is 1. The maximum Gasteiger partial charge on any atom is 0.270 e. The van der Waals surface area contributed by atoms with Gasteiger partial charge in [-0.05, 0) is 12.1 Å². The third-order valence-corrected chi connectivity index (χ3v) is 8.27. The highest BCUT2D eigenvalue weighted by Crippen LogP contribution is 2.28. The van der Waals surface area contributed by atoms with E-state index in [9.17, 15) is 18.5 Å². The molecule has 0 spiro atoms. The smallest absolute Gasteiger partial charge is 0.270 e. The minimum absolute atomic E-state index is 0.0202. The molecule has 1 aliphatic heterocycles. The quantitative estimate of drug-likeness (QED) is 0.403. The summed E-state index contributed by atoms with van der Waals surface area (Å²) in [5, 5.41) is 15.3. The Hall–Kier alpha value is -2.38. The van der Waals surface area contributed by atoms with E-state index in [-0.39, 0.29) is 9.90 Å². The number of thiophene rings is 1. The summed E-state index contributed by atoms with van der Waals surface area (Å²) in [7, 11) is -3.53. The number of benzene rings is 1. The predicted molar refractivity (Wildman–Crippen MR) is 112 cm³/mol. The Kier molecular flexibility index (Phi) is 5.84. The minimum atomic E-state index is -3.53. The number of piperazine rings is 1. The maximum atomic E-state index is 12.7. The highest BCUT2D eigenvalue weighted by molar-refractivity contribution is 7.91. The first-order valence-corrected chi connectivity index (χ1v) is 11.6. The Morgan fingerprint density at radius 3 is 2.60 bits per heavy atom. The summed E-state index contributed by atoms with van der Waals surface area (Å²) in [6.07, 6.45) is 1.56. The molecule has 1 aromatic carbocycles. The number of nitrogens with zero attached hydrogens (tertiary/aromatic N) is 6. The van der Waals surface area contributed by atoms with E-state index in [1.54, 1.807) is 29.2 Å². The van der Waals surface area contributed by atoms with E-state index in [1.807, 2.05) is 0 Å². The van der Waals surface area contributed by atoms with E-state index in [2.05, 4.69) is 15.0 Å². The number of hydrogen-bond donors (Lipinski definition) is 0. The van der Waals surface area contributed by atoms with Gasteiger partial charge in [-0.2, -0.15) is 4.31 Å². The number of nitro groups is 1. The fourth-order valence-electron chi connectivity index (χ4n) is 3.13. The van der Waals surface area contributed by atoms with Crippen molar-refractivity contribution in [1.29, 1.82) is 0 Å². The Morgan fingerprint density at radius 1 is 1.17 bits per heavy atom. The van der Waals surface area contributed by atoms with Crippen molar-refractivity contribution in [3.63, 3.8) is 0 Å². The summed E-state index contributed by atoms with van der Waals surface area (Å²) < 4.78 is 29.2. The zero-order valence-corrected chi connectivity index (χ0v) is 18.0. The van der Waals surface area contributed by atoms with Gasteiger partial charge in [-0.15, -0.1) is 16.4 Å². The van der Waals surface area contributed by atoms with Crippen LogP contribution >= 0.6 is 22.9 Å². The van der Waals surface area contributed by atoms with Crippen molar-refractivity contribution in [1.82, 2.24) is 24.0 Å². The fourth-order valence-corrected chi connectivity index (χ4v) is 6.19.